The van der Waals surface area contributed by atoms with Gasteiger partial charge in [-0.2, -0.15) is 0 Å². The molecule has 0 bridgehead atoms. The van der Waals surface area contributed by atoms with Crippen molar-refractivity contribution in [2.24, 2.45) is 5.73 Å². The zero-order chi connectivity index (χ0) is 13.1. The van der Waals surface area contributed by atoms with E-state index in [2.05, 4.69) is 4.98 Å². The molecule has 3 N–H and O–H groups in total. The number of hydrogen-bond donors (Lipinski definition) is 2. The second kappa shape index (κ2) is 5.69. The Morgan fingerprint density at radius 1 is 1.50 bits per heavy atom. The van der Waals surface area contributed by atoms with Gasteiger partial charge >= 0.3 is 0 Å². The van der Waals surface area contributed by atoms with Gasteiger partial charge in [-0.25, -0.2) is 4.98 Å². The number of nitrogens with two attached hydrogens (primary N) is 1. The van der Waals surface area contributed by atoms with E-state index in [1.54, 1.807) is 23.5 Å². The molecule has 5 heteroatoms. The van der Waals surface area contributed by atoms with Crippen molar-refractivity contribution in [1.82, 2.24) is 4.98 Å². The van der Waals surface area contributed by atoms with Crippen LogP contribution in [0.5, 0.6) is 5.75 Å². The van der Waals surface area contributed by atoms with E-state index in [4.69, 9.17) is 17.3 Å². The third-order valence-corrected chi connectivity index (χ3v) is 4.19. The molecule has 1 heterocycles. The molecule has 0 radical (unpaired) electrons. The quantitative estimate of drug-likeness (QED) is 0.906. The number of aromatic hydroxyl groups is 1. The number of phenolic OH excluding ortho intramolecular Hbond substituents is 1. The van der Waals surface area contributed by atoms with Crippen molar-refractivity contribution < 1.29 is 5.11 Å². The van der Waals surface area contributed by atoms with Gasteiger partial charge in [-0.15, -0.1) is 11.3 Å². The molecule has 0 spiro atoms. The maximum Gasteiger partial charge on any atom is 0.134 e. The summed E-state index contributed by atoms with van der Waals surface area (Å²) in [6, 6.07) is 5.25. The van der Waals surface area contributed by atoms with Crippen LogP contribution in [0.1, 0.15) is 22.2 Å². The van der Waals surface area contributed by atoms with Crippen LogP contribution in [0.25, 0.3) is 0 Å². The van der Waals surface area contributed by atoms with Crippen LogP contribution >= 0.6 is 22.9 Å². The highest BCUT2D eigenvalue weighted by molar-refractivity contribution is 7.09. The van der Waals surface area contributed by atoms with Crippen molar-refractivity contribution in [3.8, 4) is 5.75 Å². The number of aryl methyl sites for hydroxylation is 1. The normalized spacial score (nSPS) is 12.6. The molecule has 0 saturated heterocycles. The number of halogens is 1. The Bertz CT molecular complexity index is 542. The van der Waals surface area contributed by atoms with Gasteiger partial charge in [0.15, 0.2) is 0 Å². The summed E-state index contributed by atoms with van der Waals surface area (Å²) in [6.07, 6.45) is 0.781. The Hall–Kier alpha value is -1.10. The Labute approximate surface area is 115 Å². The van der Waals surface area contributed by atoms with Crippen molar-refractivity contribution in [3.63, 3.8) is 0 Å². The van der Waals surface area contributed by atoms with Gasteiger partial charge in [0.05, 0.1) is 10.0 Å². The molecule has 3 nitrogen and oxygen atoms in total. The second-order valence-electron chi connectivity index (χ2n) is 4.25. The zero-order valence-electron chi connectivity index (χ0n) is 10.1. The molecule has 2 aromatic rings. The molecule has 0 aliphatic carbocycles. The minimum absolute atomic E-state index is 0.106. The molecule has 0 aliphatic rings. The Morgan fingerprint density at radius 2 is 2.28 bits per heavy atom. The first-order chi connectivity index (χ1) is 8.60. The lowest BCUT2D eigenvalue weighted by molar-refractivity contribution is 0.475. The molecule has 0 amide bonds. The topological polar surface area (TPSA) is 59.1 Å². The van der Waals surface area contributed by atoms with Crippen LogP contribution in [-0.4, -0.2) is 16.6 Å². The molecule has 0 saturated carbocycles. The number of hydrogen-bond acceptors (Lipinski definition) is 4. The maximum atomic E-state index is 9.39. The number of benzene rings is 1. The molecule has 1 unspecified atom stereocenters. The standard InChI is InChI=1S/C13H15ClN2OS/c1-8-7-18-13(16-8)10(6-15)4-9-2-3-12(17)11(14)5-9/h2-3,5,7,10,17H,4,6,15H2,1H3. The van der Waals surface area contributed by atoms with Gasteiger partial charge in [0.2, 0.25) is 0 Å². The fourth-order valence-electron chi connectivity index (χ4n) is 1.79. The molecule has 2 rings (SSSR count). The number of phenols is 1. The van der Waals surface area contributed by atoms with Gasteiger partial charge in [0.25, 0.3) is 0 Å². The van der Waals surface area contributed by atoms with Crippen molar-refractivity contribution in [2.45, 2.75) is 19.3 Å². The smallest absolute Gasteiger partial charge is 0.134 e. The Kier molecular flexibility index (Phi) is 4.22. The van der Waals surface area contributed by atoms with Gasteiger partial charge in [0.1, 0.15) is 5.75 Å². The van der Waals surface area contributed by atoms with Gasteiger partial charge in [-0.3, -0.25) is 0 Å². The van der Waals surface area contributed by atoms with Crippen LogP contribution in [0.4, 0.5) is 0 Å². The third kappa shape index (κ3) is 3.02. The van der Waals surface area contributed by atoms with E-state index in [9.17, 15) is 5.11 Å². The molecule has 96 valence electrons. The highest BCUT2D eigenvalue weighted by Crippen LogP contribution is 2.28. The minimum atomic E-state index is 0.106. The number of thiazole rings is 1. The van der Waals surface area contributed by atoms with Crippen LogP contribution < -0.4 is 5.73 Å². The highest BCUT2D eigenvalue weighted by atomic mass is 35.5. The molecule has 0 aliphatic heterocycles. The Morgan fingerprint density at radius 3 is 2.83 bits per heavy atom. The fraction of sp³-hybridized carbons (Fsp3) is 0.308. The average molecular weight is 283 g/mol. The van der Waals surface area contributed by atoms with Crippen LogP contribution in [0.2, 0.25) is 5.02 Å². The summed E-state index contributed by atoms with van der Waals surface area (Å²) in [5, 5.41) is 12.8. The van der Waals surface area contributed by atoms with E-state index in [1.165, 1.54) is 0 Å². The SMILES string of the molecule is Cc1csc(C(CN)Cc2ccc(O)c(Cl)c2)n1. The summed E-state index contributed by atoms with van der Waals surface area (Å²) in [5.74, 6) is 0.305. The first-order valence-corrected chi connectivity index (χ1v) is 6.95. The largest absolute Gasteiger partial charge is 0.506 e. The van der Waals surface area contributed by atoms with Crippen molar-refractivity contribution >= 4 is 22.9 Å². The number of rotatable bonds is 4. The lowest BCUT2D eigenvalue weighted by Gasteiger charge is -2.12. The summed E-state index contributed by atoms with van der Waals surface area (Å²) in [7, 11) is 0. The second-order valence-corrected chi connectivity index (χ2v) is 5.55. The number of nitrogens with zero attached hydrogens (tertiary/aromatic N) is 1. The van der Waals surface area contributed by atoms with E-state index in [1.807, 2.05) is 18.4 Å². The van der Waals surface area contributed by atoms with E-state index in [0.717, 1.165) is 22.7 Å². The number of aromatic nitrogens is 1. The average Bonchev–Trinajstić information content (AvgIpc) is 2.77. The Balaban J connectivity index is 2.17. The van der Waals surface area contributed by atoms with Gasteiger partial charge in [-0.05, 0) is 31.0 Å². The molecule has 18 heavy (non-hydrogen) atoms. The summed E-state index contributed by atoms with van der Waals surface area (Å²) in [5.41, 5.74) is 7.90. The van der Waals surface area contributed by atoms with Crippen molar-refractivity contribution in [3.05, 3.63) is 44.9 Å². The van der Waals surface area contributed by atoms with Crippen molar-refractivity contribution in [2.75, 3.05) is 6.54 Å². The molecule has 1 aromatic heterocycles. The van der Waals surface area contributed by atoms with E-state index in [-0.39, 0.29) is 11.7 Å². The first kappa shape index (κ1) is 13.3. The maximum absolute atomic E-state index is 9.39. The minimum Gasteiger partial charge on any atom is -0.506 e. The monoisotopic (exact) mass is 282 g/mol. The van der Waals surface area contributed by atoms with Crippen LogP contribution in [0.3, 0.4) is 0 Å². The van der Waals surface area contributed by atoms with Gasteiger partial charge in [-0.1, -0.05) is 17.7 Å². The van der Waals surface area contributed by atoms with Crippen molar-refractivity contribution in [1.29, 1.82) is 0 Å². The molecule has 0 fully saturated rings. The zero-order valence-corrected chi connectivity index (χ0v) is 11.6. The lowest BCUT2D eigenvalue weighted by Crippen LogP contribution is -2.15. The van der Waals surface area contributed by atoms with E-state index in [0.29, 0.717) is 11.6 Å². The molecular formula is C13H15ClN2OS. The van der Waals surface area contributed by atoms with E-state index < -0.39 is 0 Å². The lowest BCUT2D eigenvalue weighted by atomic mass is 10.00. The highest BCUT2D eigenvalue weighted by Gasteiger charge is 2.14. The summed E-state index contributed by atoms with van der Waals surface area (Å²) < 4.78 is 0. The predicted molar refractivity (Wildman–Crippen MR) is 75.5 cm³/mol. The van der Waals surface area contributed by atoms with Crippen LogP contribution in [0.15, 0.2) is 23.6 Å². The summed E-state index contributed by atoms with van der Waals surface area (Å²) in [6.45, 7) is 2.52. The molecular weight excluding hydrogens is 268 g/mol. The van der Waals surface area contributed by atoms with Gasteiger partial charge in [0, 0.05) is 23.5 Å². The third-order valence-electron chi connectivity index (χ3n) is 2.76. The fourth-order valence-corrected chi connectivity index (χ4v) is 2.91. The van der Waals surface area contributed by atoms with Crippen LogP contribution in [0, 0.1) is 6.92 Å². The molecule has 1 atom stereocenters. The summed E-state index contributed by atoms with van der Waals surface area (Å²) >= 11 is 7.53. The summed E-state index contributed by atoms with van der Waals surface area (Å²) in [4.78, 5) is 4.47. The van der Waals surface area contributed by atoms with Crippen LogP contribution in [-0.2, 0) is 6.42 Å². The van der Waals surface area contributed by atoms with E-state index >= 15 is 0 Å². The first-order valence-electron chi connectivity index (χ1n) is 5.69. The molecule has 1 aromatic carbocycles. The predicted octanol–water partition coefficient (Wildman–Crippen LogP) is 3.10. The van der Waals surface area contributed by atoms with Gasteiger partial charge < -0.3 is 10.8 Å².